The Labute approximate surface area is 92.5 Å². The van der Waals surface area contributed by atoms with Gasteiger partial charge in [-0.2, -0.15) is 0 Å². The number of hydrogen-bond donors (Lipinski definition) is 0. The highest BCUT2D eigenvalue weighted by atomic mass is 16.5. The predicted octanol–water partition coefficient (Wildman–Crippen LogP) is 1.58. The van der Waals surface area contributed by atoms with Gasteiger partial charge < -0.3 is 9.73 Å². The second-order valence-corrected chi connectivity index (χ2v) is 4.57. The van der Waals surface area contributed by atoms with Gasteiger partial charge in [-0.05, 0) is 12.8 Å². The number of hydrogen-bond acceptors (Lipinski definition) is 3. The first kappa shape index (κ1) is 11.1. The van der Waals surface area contributed by atoms with Gasteiger partial charge in [0.25, 0.3) is 0 Å². The lowest BCUT2D eigenvalue weighted by Gasteiger charge is -2.40. The zero-order chi connectivity index (χ0) is 10.5. The van der Waals surface area contributed by atoms with Crippen molar-refractivity contribution in [3.63, 3.8) is 0 Å². The quantitative estimate of drug-likeness (QED) is 0.646. The van der Waals surface area contributed by atoms with Crippen molar-refractivity contribution in [3.8, 4) is 0 Å². The molecule has 1 aliphatic carbocycles. The summed E-state index contributed by atoms with van der Waals surface area (Å²) >= 11 is 0. The Morgan fingerprint density at radius 2 is 1.93 bits per heavy atom. The first-order valence-electron chi connectivity index (χ1n) is 6.16. The lowest BCUT2D eigenvalue weighted by atomic mass is 9.84. The summed E-state index contributed by atoms with van der Waals surface area (Å²) in [6.45, 7) is 4.04. The minimum atomic E-state index is 0.682. The average molecular weight is 210 g/mol. The zero-order valence-electron chi connectivity index (χ0n) is 9.69. The summed E-state index contributed by atoms with van der Waals surface area (Å²) < 4.78 is 5.41. The third-order valence-corrected chi connectivity index (χ3v) is 3.64. The number of nitrogens with zero attached hydrogens (tertiary/aromatic N) is 2. The molecule has 3 heteroatoms. The maximum atomic E-state index is 5.41. The number of ether oxygens (including phenoxy) is 1. The van der Waals surface area contributed by atoms with Crippen molar-refractivity contribution in [2.45, 2.75) is 31.7 Å². The van der Waals surface area contributed by atoms with Gasteiger partial charge in [-0.15, -0.1) is 0 Å². The highest BCUT2D eigenvalue weighted by molar-refractivity contribution is 5.61. The molecule has 0 N–H and O–H groups in total. The Morgan fingerprint density at radius 3 is 2.67 bits per heavy atom. The van der Waals surface area contributed by atoms with Gasteiger partial charge in [-0.25, -0.2) is 0 Å². The highest BCUT2D eigenvalue weighted by Crippen LogP contribution is 2.27. The van der Waals surface area contributed by atoms with Crippen LogP contribution in [0.5, 0.6) is 0 Å². The lowest BCUT2D eigenvalue weighted by Crippen LogP contribution is -2.48. The van der Waals surface area contributed by atoms with Gasteiger partial charge in [-0.3, -0.25) is 4.90 Å². The van der Waals surface area contributed by atoms with Gasteiger partial charge in [0, 0.05) is 38.3 Å². The monoisotopic (exact) mass is 210 g/mol. The molecule has 2 atom stereocenters. The number of rotatable bonds is 2. The average Bonchev–Trinajstić information content (AvgIpc) is 2.31. The first-order valence-corrected chi connectivity index (χ1v) is 6.16. The topological polar surface area (TPSA) is 24.8 Å². The van der Waals surface area contributed by atoms with E-state index in [1.807, 2.05) is 7.05 Å². The Bertz CT molecular complexity index is 212. The summed E-state index contributed by atoms with van der Waals surface area (Å²) in [6.07, 6.45) is 7.59. The Morgan fingerprint density at radius 1 is 1.20 bits per heavy atom. The molecular weight excluding hydrogens is 188 g/mol. The van der Waals surface area contributed by atoms with E-state index < -0.39 is 0 Å². The minimum absolute atomic E-state index is 0.682. The predicted molar refractivity (Wildman–Crippen MR) is 62.6 cm³/mol. The van der Waals surface area contributed by atoms with Gasteiger partial charge in [0.05, 0.1) is 13.2 Å². The molecule has 1 saturated heterocycles. The molecule has 3 nitrogen and oxygen atoms in total. The SMILES string of the molecule is CN=CC1CCCC[C@@H]1N1CCOCC1. The molecule has 1 saturated carbocycles. The molecule has 1 heterocycles. The van der Waals surface area contributed by atoms with Crippen LogP contribution in [0.1, 0.15) is 25.7 Å². The van der Waals surface area contributed by atoms with Crippen LogP contribution in [0.25, 0.3) is 0 Å². The molecule has 2 rings (SSSR count). The van der Waals surface area contributed by atoms with Gasteiger partial charge in [0.1, 0.15) is 0 Å². The van der Waals surface area contributed by atoms with Crippen LogP contribution < -0.4 is 0 Å². The van der Waals surface area contributed by atoms with E-state index in [4.69, 9.17) is 4.74 Å². The van der Waals surface area contributed by atoms with E-state index in [1.165, 1.54) is 25.7 Å². The molecule has 0 aromatic rings. The zero-order valence-corrected chi connectivity index (χ0v) is 9.69. The van der Waals surface area contributed by atoms with Crippen molar-refractivity contribution in [3.05, 3.63) is 0 Å². The summed E-state index contributed by atoms with van der Waals surface area (Å²) in [6, 6.07) is 0.728. The fourth-order valence-electron chi connectivity index (χ4n) is 2.87. The highest BCUT2D eigenvalue weighted by Gasteiger charge is 2.29. The molecule has 0 bridgehead atoms. The molecule has 0 aromatic heterocycles. The van der Waals surface area contributed by atoms with Crippen LogP contribution in [0.4, 0.5) is 0 Å². The van der Waals surface area contributed by atoms with Gasteiger partial charge in [-0.1, -0.05) is 12.8 Å². The van der Waals surface area contributed by atoms with E-state index in [0.29, 0.717) is 5.92 Å². The molecule has 2 fully saturated rings. The largest absolute Gasteiger partial charge is 0.379 e. The van der Waals surface area contributed by atoms with E-state index in [1.54, 1.807) is 0 Å². The summed E-state index contributed by atoms with van der Waals surface area (Å²) in [5.41, 5.74) is 0. The Kier molecular flexibility index (Phi) is 4.15. The second kappa shape index (κ2) is 5.61. The van der Waals surface area contributed by atoms with Crippen LogP contribution in [0.3, 0.4) is 0 Å². The van der Waals surface area contributed by atoms with Crippen LogP contribution in [0.15, 0.2) is 4.99 Å². The van der Waals surface area contributed by atoms with Crippen molar-refractivity contribution in [2.75, 3.05) is 33.4 Å². The first-order chi connectivity index (χ1) is 7.42. The normalized spacial score (nSPS) is 34.7. The fourth-order valence-corrected chi connectivity index (χ4v) is 2.87. The van der Waals surface area contributed by atoms with Crippen LogP contribution in [-0.2, 0) is 4.74 Å². The molecule has 0 amide bonds. The van der Waals surface area contributed by atoms with Crippen LogP contribution >= 0.6 is 0 Å². The summed E-state index contributed by atoms with van der Waals surface area (Å²) in [7, 11) is 1.89. The van der Waals surface area contributed by atoms with Gasteiger partial charge in [0.2, 0.25) is 0 Å². The maximum absolute atomic E-state index is 5.41. The standard InChI is InChI=1S/C12H22N2O/c1-13-10-11-4-2-3-5-12(11)14-6-8-15-9-7-14/h10-12H,2-9H2,1H3/t11?,12-/m0/s1. The van der Waals surface area contributed by atoms with Crippen molar-refractivity contribution in [1.29, 1.82) is 0 Å². The van der Waals surface area contributed by atoms with Crippen LogP contribution in [-0.4, -0.2) is 50.5 Å². The molecule has 86 valence electrons. The molecule has 2 aliphatic rings. The van der Waals surface area contributed by atoms with Crippen molar-refractivity contribution >= 4 is 6.21 Å². The molecular formula is C12H22N2O. The molecule has 0 spiro atoms. The van der Waals surface area contributed by atoms with E-state index in [-0.39, 0.29) is 0 Å². The third-order valence-electron chi connectivity index (χ3n) is 3.64. The Balaban J connectivity index is 1.96. The van der Waals surface area contributed by atoms with Crippen molar-refractivity contribution in [1.82, 2.24) is 4.90 Å². The smallest absolute Gasteiger partial charge is 0.0594 e. The van der Waals surface area contributed by atoms with Crippen molar-refractivity contribution < 1.29 is 4.74 Å². The molecule has 1 unspecified atom stereocenters. The lowest BCUT2D eigenvalue weighted by molar-refractivity contribution is 0.00189. The molecule has 15 heavy (non-hydrogen) atoms. The van der Waals surface area contributed by atoms with E-state index >= 15 is 0 Å². The minimum Gasteiger partial charge on any atom is -0.379 e. The second-order valence-electron chi connectivity index (χ2n) is 4.57. The van der Waals surface area contributed by atoms with Crippen molar-refractivity contribution in [2.24, 2.45) is 10.9 Å². The van der Waals surface area contributed by atoms with E-state index in [2.05, 4.69) is 16.1 Å². The fraction of sp³-hybridized carbons (Fsp3) is 0.917. The number of morpholine rings is 1. The van der Waals surface area contributed by atoms with Gasteiger partial charge in [0.15, 0.2) is 0 Å². The molecule has 0 aromatic carbocycles. The van der Waals surface area contributed by atoms with E-state index in [0.717, 1.165) is 32.3 Å². The van der Waals surface area contributed by atoms with E-state index in [9.17, 15) is 0 Å². The molecule has 0 radical (unpaired) electrons. The summed E-state index contributed by atoms with van der Waals surface area (Å²) in [4.78, 5) is 6.83. The molecule has 1 aliphatic heterocycles. The summed E-state index contributed by atoms with van der Waals surface area (Å²) in [5.74, 6) is 0.682. The van der Waals surface area contributed by atoms with Crippen LogP contribution in [0.2, 0.25) is 0 Å². The third kappa shape index (κ3) is 2.79. The Hall–Kier alpha value is -0.410. The number of aliphatic imine (C=N–C) groups is 1. The van der Waals surface area contributed by atoms with Gasteiger partial charge >= 0.3 is 0 Å². The van der Waals surface area contributed by atoms with Crippen LogP contribution in [0, 0.1) is 5.92 Å². The maximum Gasteiger partial charge on any atom is 0.0594 e. The summed E-state index contributed by atoms with van der Waals surface area (Å²) in [5, 5.41) is 0.